The van der Waals surface area contributed by atoms with Crippen molar-refractivity contribution in [3.63, 3.8) is 0 Å². The zero-order chi connectivity index (χ0) is 16.4. The van der Waals surface area contributed by atoms with Crippen molar-refractivity contribution in [2.24, 2.45) is 5.92 Å². The molecule has 0 bridgehead atoms. The summed E-state index contributed by atoms with van der Waals surface area (Å²) < 4.78 is 1.68. The number of amides is 1. The van der Waals surface area contributed by atoms with Gasteiger partial charge >= 0.3 is 0 Å². The summed E-state index contributed by atoms with van der Waals surface area (Å²) in [6, 6.07) is 3.53. The zero-order valence-corrected chi connectivity index (χ0v) is 13.4. The van der Waals surface area contributed by atoms with Crippen molar-refractivity contribution >= 4 is 5.91 Å². The molecule has 3 heterocycles. The van der Waals surface area contributed by atoms with Gasteiger partial charge in [0.2, 0.25) is 0 Å². The summed E-state index contributed by atoms with van der Waals surface area (Å²) in [5.74, 6) is 0.728. The highest BCUT2D eigenvalue weighted by atomic mass is 16.3. The number of hydrogen-bond donors (Lipinski definition) is 1. The Bertz CT molecular complexity index is 666. The van der Waals surface area contributed by atoms with Gasteiger partial charge in [-0.3, -0.25) is 9.36 Å². The first kappa shape index (κ1) is 15.6. The first-order chi connectivity index (χ1) is 11.0. The minimum absolute atomic E-state index is 0.0400. The largest absolute Gasteiger partial charge is 0.390 e. The molecule has 0 aromatic carbocycles. The number of hydrogen-bond acceptors (Lipinski definition) is 5. The normalized spacial score (nSPS) is 24.7. The standard InChI is InChI=1S/C16H21N5O2/c1-3-13-9-20(7-6-16(13,2)23)15(22)12-4-5-14(17-8-12)21-10-18-19-11-21/h4-5,8,10-11,13,23H,3,6-7,9H2,1-2H3/t13-,16+/m0/s1. The van der Waals surface area contributed by atoms with Crippen LogP contribution in [0.3, 0.4) is 0 Å². The minimum atomic E-state index is -0.692. The summed E-state index contributed by atoms with van der Waals surface area (Å²) in [6.45, 7) is 5.05. The van der Waals surface area contributed by atoms with Gasteiger partial charge in [0.1, 0.15) is 18.5 Å². The Morgan fingerprint density at radius 2 is 2.13 bits per heavy atom. The molecule has 1 N–H and O–H groups in total. The van der Waals surface area contributed by atoms with Gasteiger partial charge in [-0.2, -0.15) is 0 Å². The summed E-state index contributed by atoms with van der Waals surface area (Å²) >= 11 is 0. The Balaban J connectivity index is 1.73. The fraction of sp³-hybridized carbons (Fsp3) is 0.500. The molecule has 23 heavy (non-hydrogen) atoms. The van der Waals surface area contributed by atoms with Gasteiger partial charge in [0.15, 0.2) is 0 Å². The molecule has 3 rings (SSSR count). The second kappa shape index (κ2) is 6.08. The summed E-state index contributed by atoms with van der Waals surface area (Å²) in [5.41, 5.74) is -0.138. The number of pyridine rings is 1. The van der Waals surface area contributed by atoms with Crippen LogP contribution < -0.4 is 0 Å². The van der Waals surface area contributed by atoms with E-state index in [1.54, 1.807) is 35.6 Å². The third-order valence-corrected chi connectivity index (χ3v) is 4.67. The molecular formula is C16H21N5O2. The quantitative estimate of drug-likeness (QED) is 0.922. The lowest BCUT2D eigenvalue weighted by molar-refractivity contribution is -0.0521. The van der Waals surface area contributed by atoms with Gasteiger partial charge in [0.05, 0.1) is 11.2 Å². The molecule has 0 aliphatic carbocycles. The van der Waals surface area contributed by atoms with Crippen molar-refractivity contribution in [2.75, 3.05) is 13.1 Å². The van der Waals surface area contributed by atoms with Crippen LogP contribution in [0.2, 0.25) is 0 Å². The average molecular weight is 315 g/mol. The Hall–Kier alpha value is -2.28. The van der Waals surface area contributed by atoms with Crippen molar-refractivity contribution in [3.8, 4) is 5.82 Å². The number of piperidine rings is 1. The molecule has 1 aliphatic heterocycles. The van der Waals surface area contributed by atoms with Crippen LogP contribution in [0.25, 0.3) is 5.82 Å². The highest BCUT2D eigenvalue weighted by Gasteiger charge is 2.38. The lowest BCUT2D eigenvalue weighted by Crippen LogP contribution is -2.51. The van der Waals surface area contributed by atoms with E-state index in [0.717, 1.165) is 6.42 Å². The van der Waals surface area contributed by atoms with Gasteiger partial charge in [0.25, 0.3) is 5.91 Å². The molecule has 1 fully saturated rings. The second-order valence-electron chi connectivity index (χ2n) is 6.24. The number of likely N-dealkylation sites (tertiary alicyclic amines) is 1. The number of carbonyl (C=O) groups is 1. The molecule has 2 atom stereocenters. The number of carbonyl (C=O) groups excluding carboxylic acids is 1. The third kappa shape index (κ3) is 3.10. The van der Waals surface area contributed by atoms with E-state index in [1.807, 2.05) is 18.7 Å². The highest BCUT2D eigenvalue weighted by molar-refractivity contribution is 5.94. The zero-order valence-electron chi connectivity index (χ0n) is 13.4. The van der Waals surface area contributed by atoms with Crippen molar-refractivity contribution in [1.82, 2.24) is 24.6 Å². The molecule has 7 nitrogen and oxygen atoms in total. The van der Waals surface area contributed by atoms with E-state index in [-0.39, 0.29) is 11.8 Å². The van der Waals surface area contributed by atoms with Gasteiger partial charge < -0.3 is 10.0 Å². The van der Waals surface area contributed by atoms with E-state index in [4.69, 9.17) is 0 Å². The van der Waals surface area contributed by atoms with Crippen LogP contribution in [-0.2, 0) is 0 Å². The molecule has 0 unspecified atom stereocenters. The van der Waals surface area contributed by atoms with Crippen LogP contribution in [0.5, 0.6) is 0 Å². The summed E-state index contributed by atoms with van der Waals surface area (Å²) in [4.78, 5) is 18.7. The number of nitrogens with zero attached hydrogens (tertiary/aromatic N) is 5. The van der Waals surface area contributed by atoms with Crippen LogP contribution in [-0.4, -0.2) is 54.4 Å². The molecule has 2 aromatic rings. The third-order valence-electron chi connectivity index (χ3n) is 4.67. The number of aromatic nitrogens is 4. The van der Waals surface area contributed by atoms with Crippen LogP contribution in [0.4, 0.5) is 0 Å². The first-order valence-electron chi connectivity index (χ1n) is 7.84. The van der Waals surface area contributed by atoms with Crippen LogP contribution in [0.1, 0.15) is 37.0 Å². The fourth-order valence-electron chi connectivity index (χ4n) is 3.04. The lowest BCUT2D eigenvalue weighted by atomic mass is 9.81. The van der Waals surface area contributed by atoms with Crippen LogP contribution in [0, 0.1) is 5.92 Å². The molecule has 0 spiro atoms. The van der Waals surface area contributed by atoms with Gasteiger partial charge in [-0.05, 0) is 31.9 Å². The Labute approximate surface area is 135 Å². The van der Waals surface area contributed by atoms with Crippen molar-refractivity contribution < 1.29 is 9.90 Å². The lowest BCUT2D eigenvalue weighted by Gasteiger charge is -2.42. The first-order valence-corrected chi connectivity index (χ1v) is 7.84. The van der Waals surface area contributed by atoms with Gasteiger partial charge in [-0.25, -0.2) is 4.98 Å². The van der Waals surface area contributed by atoms with Crippen molar-refractivity contribution in [3.05, 3.63) is 36.5 Å². The fourth-order valence-corrected chi connectivity index (χ4v) is 3.04. The Morgan fingerprint density at radius 1 is 1.39 bits per heavy atom. The minimum Gasteiger partial charge on any atom is -0.390 e. The van der Waals surface area contributed by atoms with E-state index in [9.17, 15) is 9.90 Å². The Kier molecular flexibility index (Phi) is 4.12. The molecule has 7 heteroatoms. The van der Waals surface area contributed by atoms with Crippen LogP contribution >= 0.6 is 0 Å². The van der Waals surface area contributed by atoms with E-state index in [1.165, 1.54) is 0 Å². The number of rotatable bonds is 3. The monoisotopic (exact) mass is 315 g/mol. The molecule has 1 saturated heterocycles. The van der Waals surface area contributed by atoms with Gasteiger partial charge in [-0.15, -0.1) is 10.2 Å². The summed E-state index contributed by atoms with van der Waals surface area (Å²) in [7, 11) is 0. The average Bonchev–Trinajstić information content (AvgIpc) is 3.09. The maximum atomic E-state index is 12.6. The Morgan fingerprint density at radius 3 is 2.74 bits per heavy atom. The molecular weight excluding hydrogens is 294 g/mol. The molecule has 122 valence electrons. The highest BCUT2D eigenvalue weighted by Crippen LogP contribution is 2.30. The molecule has 0 saturated carbocycles. The maximum Gasteiger partial charge on any atom is 0.255 e. The summed E-state index contributed by atoms with van der Waals surface area (Å²) in [6.07, 6.45) is 6.14. The SMILES string of the molecule is CC[C@H]1CN(C(=O)c2ccc(-n3cnnc3)nc2)CC[C@@]1(C)O. The molecule has 1 amide bonds. The maximum absolute atomic E-state index is 12.6. The summed E-state index contributed by atoms with van der Waals surface area (Å²) in [5, 5.41) is 17.9. The second-order valence-corrected chi connectivity index (χ2v) is 6.24. The van der Waals surface area contributed by atoms with Gasteiger partial charge in [0, 0.05) is 25.2 Å². The van der Waals surface area contributed by atoms with Crippen LogP contribution in [0.15, 0.2) is 31.0 Å². The van der Waals surface area contributed by atoms with E-state index >= 15 is 0 Å². The number of aliphatic hydroxyl groups is 1. The van der Waals surface area contributed by atoms with Gasteiger partial charge in [-0.1, -0.05) is 6.92 Å². The molecule has 0 radical (unpaired) electrons. The van der Waals surface area contributed by atoms with E-state index in [0.29, 0.717) is 30.9 Å². The smallest absolute Gasteiger partial charge is 0.255 e. The van der Waals surface area contributed by atoms with Crippen molar-refractivity contribution in [1.29, 1.82) is 0 Å². The predicted octanol–water partition coefficient (Wildman–Crippen LogP) is 1.29. The predicted molar refractivity (Wildman–Crippen MR) is 84.1 cm³/mol. The topological polar surface area (TPSA) is 84.1 Å². The van der Waals surface area contributed by atoms with E-state index < -0.39 is 5.60 Å². The molecule has 2 aromatic heterocycles. The molecule has 1 aliphatic rings. The van der Waals surface area contributed by atoms with Crippen molar-refractivity contribution in [2.45, 2.75) is 32.3 Å². The van der Waals surface area contributed by atoms with E-state index in [2.05, 4.69) is 15.2 Å².